The number of fused-ring (bicyclic) bond motifs is 9. The van der Waals surface area contributed by atoms with Crippen LogP contribution in [0.5, 0.6) is 0 Å². The first kappa shape index (κ1) is 21.3. The van der Waals surface area contributed by atoms with Gasteiger partial charge < -0.3 is 0 Å². The molecule has 0 fully saturated rings. The van der Waals surface area contributed by atoms with Crippen molar-refractivity contribution in [3.63, 3.8) is 0 Å². The van der Waals surface area contributed by atoms with Crippen molar-refractivity contribution < 1.29 is 0 Å². The number of benzene rings is 6. The van der Waals surface area contributed by atoms with E-state index in [9.17, 15) is 0 Å². The monoisotopic (exact) mass is 494 g/mol. The summed E-state index contributed by atoms with van der Waals surface area (Å²) in [4.78, 5) is 0. The molecule has 3 aliphatic carbocycles. The van der Waals surface area contributed by atoms with E-state index in [0.717, 1.165) is 19.3 Å². The molecule has 0 saturated heterocycles. The van der Waals surface area contributed by atoms with E-state index in [1.54, 1.807) is 0 Å². The van der Waals surface area contributed by atoms with E-state index in [1.807, 2.05) is 0 Å². The third-order valence-electron chi connectivity index (χ3n) is 9.21. The van der Waals surface area contributed by atoms with Crippen LogP contribution in [0, 0.1) is 0 Å². The van der Waals surface area contributed by atoms with E-state index >= 15 is 0 Å². The lowest BCUT2D eigenvalue weighted by Gasteiger charge is -2.19. The molecule has 182 valence electrons. The molecule has 6 aromatic rings. The summed E-state index contributed by atoms with van der Waals surface area (Å²) in [6.45, 7) is 0. The second-order valence-corrected chi connectivity index (χ2v) is 11.2. The summed E-state index contributed by atoms with van der Waals surface area (Å²) < 4.78 is 0. The zero-order valence-electron chi connectivity index (χ0n) is 21.7. The topological polar surface area (TPSA) is 0 Å². The third kappa shape index (κ3) is 3.00. The molecule has 0 bridgehead atoms. The van der Waals surface area contributed by atoms with Crippen LogP contribution in [0.15, 0.2) is 121 Å². The maximum Gasteiger partial charge on any atom is -0.000728 e. The zero-order chi connectivity index (χ0) is 25.5. The normalized spacial score (nSPS) is 13.3. The highest BCUT2D eigenvalue weighted by atomic mass is 14.3. The quantitative estimate of drug-likeness (QED) is 0.224. The van der Waals surface area contributed by atoms with Crippen molar-refractivity contribution in [2.45, 2.75) is 19.3 Å². The molecular formula is C39H26. The van der Waals surface area contributed by atoms with Crippen LogP contribution in [0.2, 0.25) is 0 Å². The summed E-state index contributed by atoms with van der Waals surface area (Å²) in [5.41, 5.74) is 22.5. The predicted molar refractivity (Wildman–Crippen MR) is 162 cm³/mol. The Labute approximate surface area is 229 Å². The lowest BCUT2D eigenvalue weighted by atomic mass is 9.85. The Morgan fingerprint density at radius 3 is 1.18 bits per heavy atom. The van der Waals surface area contributed by atoms with Crippen LogP contribution in [-0.2, 0) is 19.3 Å². The van der Waals surface area contributed by atoms with Gasteiger partial charge in [-0.2, -0.15) is 0 Å². The lowest BCUT2D eigenvalue weighted by Crippen LogP contribution is -1.96. The number of rotatable bonds is 2. The first-order chi connectivity index (χ1) is 19.3. The zero-order valence-corrected chi connectivity index (χ0v) is 21.7. The molecule has 9 rings (SSSR count). The number of hydrogen-bond donors (Lipinski definition) is 0. The van der Waals surface area contributed by atoms with Gasteiger partial charge in [-0.3, -0.25) is 0 Å². The van der Waals surface area contributed by atoms with Crippen LogP contribution < -0.4 is 0 Å². The molecule has 0 atom stereocenters. The molecule has 3 aliphatic rings. The fourth-order valence-electron chi connectivity index (χ4n) is 7.45. The Kier molecular flexibility index (Phi) is 4.32. The Bertz CT molecular complexity index is 1990. The van der Waals surface area contributed by atoms with Crippen LogP contribution in [0.3, 0.4) is 0 Å². The molecule has 0 aromatic heterocycles. The molecule has 0 amide bonds. The van der Waals surface area contributed by atoms with Gasteiger partial charge in [0.1, 0.15) is 0 Å². The smallest absolute Gasteiger partial charge is 0.000728 e. The van der Waals surface area contributed by atoms with E-state index in [2.05, 4.69) is 121 Å². The average molecular weight is 495 g/mol. The highest BCUT2D eigenvalue weighted by Crippen LogP contribution is 2.50. The molecule has 39 heavy (non-hydrogen) atoms. The molecule has 0 unspecified atom stereocenters. The molecule has 0 heteroatoms. The molecular weight excluding hydrogens is 468 g/mol. The van der Waals surface area contributed by atoms with Gasteiger partial charge in [-0.1, -0.05) is 109 Å². The van der Waals surface area contributed by atoms with E-state index in [0.29, 0.717) is 0 Å². The predicted octanol–water partition coefficient (Wildman–Crippen LogP) is 9.73. The lowest BCUT2D eigenvalue weighted by molar-refractivity contribution is 1.24. The minimum atomic E-state index is 0.993. The molecule has 0 N–H and O–H groups in total. The Balaban J connectivity index is 1.32. The summed E-state index contributed by atoms with van der Waals surface area (Å²) in [6.07, 6.45) is 3.00. The highest BCUT2D eigenvalue weighted by Gasteiger charge is 2.28. The summed E-state index contributed by atoms with van der Waals surface area (Å²) in [5.74, 6) is 0. The fraction of sp³-hybridized carbons (Fsp3) is 0.0769. The second-order valence-electron chi connectivity index (χ2n) is 11.2. The van der Waals surface area contributed by atoms with Crippen molar-refractivity contribution >= 4 is 0 Å². The fourth-order valence-corrected chi connectivity index (χ4v) is 7.45. The van der Waals surface area contributed by atoms with Crippen molar-refractivity contribution in [2.75, 3.05) is 0 Å². The molecule has 0 nitrogen and oxygen atoms in total. The summed E-state index contributed by atoms with van der Waals surface area (Å²) in [7, 11) is 0. The summed E-state index contributed by atoms with van der Waals surface area (Å²) in [6, 6.07) is 45.7. The van der Waals surface area contributed by atoms with Gasteiger partial charge in [0.05, 0.1) is 0 Å². The van der Waals surface area contributed by atoms with Crippen LogP contribution in [0.25, 0.3) is 55.6 Å². The maximum absolute atomic E-state index is 2.52. The standard InChI is InChI=1S/C39H26/c1-6-14-30-24(9-1)19-27-22-38(33-17-7-15-31-28-12-4-2-10-25(28)20-36(31)33)39(23-35(27)30)34-18-8-16-32-29-13-5-3-11-26(29)21-37(32)34/h1-18,22-23H,19-21H2. The van der Waals surface area contributed by atoms with Crippen molar-refractivity contribution in [2.24, 2.45) is 0 Å². The number of hydrogen-bond acceptors (Lipinski definition) is 0. The van der Waals surface area contributed by atoms with Gasteiger partial charge in [-0.25, -0.2) is 0 Å². The maximum atomic E-state index is 2.52. The molecule has 0 heterocycles. The Morgan fingerprint density at radius 1 is 0.256 bits per heavy atom. The van der Waals surface area contributed by atoms with Gasteiger partial charge in [-0.15, -0.1) is 0 Å². The minimum Gasteiger partial charge on any atom is -0.0619 e. The Morgan fingerprint density at radius 2 is 0.641 bits per heavy atom. The Hall–Kier alpha value is -4.68. The van der Waals surface area contributed by atoms with Crippen molar-refractivity contribution in [1.29, 1.82) is 0 Å². The van der Waals surface area contributed by atoms with E-state index in [4.69, 9.17) is 0 Å². The molecule has 0 spiro atoms. The minimum absolute atomic E-state index is 0.993. The van der Waals surface area contributed by atoms with E-state index < -0.39 is 0 Å². The molecule has 0 radical (unpaired) electrons. The largest absolute Gasteiger partial charge is 0.0619 e. The summed E-state index contributed by atoms with van der Waals surface area (Å²) in [5, 5.41) is 0. The molecule has 6 aromatic carbocycles. The van der Waals surface area contributed by atoms with Gasteiger partial charge in [0.15, 0.2) is 0 Å². The average Bonchev–Trinajstić information content (AvgIpc) is 3.67. The van der Waals surface area contributed by atoms with Gasteiger partial charge >= 0.3 is 0 Å². The summed E-state index contributed by atoms with van der Waals surface area (Å²) >= 11 is 0. The molecule has 0 saturated carbocycles. The van der Waals surface area contributed by atoms with Crippen LogP contribution in [-0.4, -0.2) is 0 Å². The van der Waals surface area contributed by atoms with Crippen molar-refractivity contribution in [1.82, 2.24) is 0 Å². The van der Waals surface area contributed by atoms with Gasteiger partial charge in [0.25, 0.3) is 0 Å². The van der Waals surface area contributed by atoms with Crippen molar-refractivity contribution in [3.8, 4) is 55.6 Å². The van der Waals surface area contributed by atoms with Gasteiger partial charge in [0, 0.05) is 0 Å². The van der Waals surface area contributed by atoms with Crippen molar-refractivity contribution in [3.05, 3.63) is 155 Å². The first-order valence-corrected chi connectivity index (χ1v) is 14.0. The molecule has 0 aliphatic heterocycles. The van der Waals surface area contributed by atoms with Gasteiger partial charge in [-0.05, 0) is 120 Å². The first-order valence-electron chi connectivity index (χ1n) is 14.0. The van der Waals surface area contributed by atoms with Crippen LogP contribution in [0.4, 0.5) is 0 Å². The van der Waals surface area contributed by atoms with Crippen LogP contribution >= 0.6 is 0 Å². The van der Waals surface area contributed by atoms with Gasteiger partial charge in [0.2, 0.25) is 0 Å². The highest BCUT2D eigenvalue weighted by molar-refractivity contribution is 5.97. The second kappa shape index (κ2) is 7.91. The third-order valence-corrected chi connectivity index (χ3v) is 9.21. The van der Waals surface area contributed by atoms with Crippen LogP contribution in [0.1, 0.15) is 33.4 Å². The van der Waals surface area contributed by atoms with E-state index in [1.165, 1.54) is 89.0 Å². The SMILES string of the molecule is c1ccc2c(c1)Cc1cc(-c3cccc4c3Cc3ccccc3-4)c(-c3cccc4c3Cc3ccccc3-4)cc1-2. The van der Waals surface area contributed by atoms with E-state index in [-0.39, 0.29) is 0 Å².